The molecule has 2 fully saturated rings. The van der Waals surface area contributed by atoms with Gasteiger partial charge in [0.15, 0.2) is 0 Å². The van der Waals surface area contributed by atoms with E-state index in [0.717, 1.165) is 6.42 Å². The predicted molar refractivity (Wildman–Crippen MR) is 49.8 cm³/mol. The smallest absolute Gasteiger partial charge is 0.290 e. The van der Waals surface area contributed by atoms with Crippen LogP contribution >= 0.6 is 0 Å². The molecular weight excluding hydrogens is 182 g/mol. The maximum absolute atomic E-state index is 11.6. The largest absolute Gasteiger partial charge is 0.376 e. The van der Waals surface area contributed by atoms with Gasteiger partial charge in [0.2, 0.25) is 5.78 Å². The van der Waals surface area contributed by atoms with Crippen molar-refractivity contribution in [2.75, 3.05) is 13.2 Å². The zero-order chi connectivity index (χ0) is 10.3. The van der Waals surface area contributed by atoms with E-state index in [1.165, 1.54) is 0 Å². The van der Waals surface area contributed by atoms with E-state index in [2.05, 4.69) is 0 Å². The quantitative estimate of drug-likeness (QED) is 0.570. The third-order valence-corrected chi connectivity index (χ3v) is 3.51. The molecule has 2 unspecified atom stereocenters. The number of ketones is 1. The van der Waals surface area contributed by atoms with Crippen molar-refractivity contribution in [2.24, 2.45) is 0 Å². The molecular formula is C10H15NO3. The molecule has 0 aromatic heterocycles. The molecule has 2 heterocycles. The number of Topliss-reactive ketones (excluding diaryl/α,β-unsaturated/α-hetero) is 1. The maximum Gasteiger partial charge on any atom is 0.290 e. The first-order valence-electron chi connectivity index (χ1n) is 5.02. The van der Waals surface area contributed by atoms with Gasteiger partial charge in [0.1, 0.15) is 0 Å². The summed E-state index contributed by atoms with van der Waals surface area (Å²) in [5.41, 5.74) is -0.275. The molecule has 1 amide bonds. The Bertz CT molecular complexity index is 289. The van der Waals surface area contributed by atoms with Gasteiger partial charge >= 0.3 is 0 Å². The third kappa shape index (κ3) is 1.17. The van der Waals surface area contributed by atoms with Crippen molar-refractivity contribution in [1.29, 1.82) is 0 Å². The van der Waals surface area contributed by atoms with Gasteiger partial charge in [-0.3, -0.25) is 9.59 Å². The molecule has 4 nitrogen and oxygen atoms in total. The minimum atomic E-state index is -0.329. The van der Waals surface area contributed by atoms with Crippen molar-refractivity contribution in [3.8, 4) is 0 Å². The van der Waals surface area contributed by atoms with Crippen molar-refractivity contribution >= 4 is 11.7 Å². The Labute approximate surface area is 83.2 Å². The van der Waals surface area contributed by atoms with Gasteiger partial charge in [-0.15, -0.1) is 0 Å². The standard InChI is InChI=1S/C10H15NO3/c1-7-10(2,4-6-14-7)11-5-3-8(12)9(11)13/h7H,3-6H2,1-2H3. The Kier molecular flexibility index (Phi) is 2.10. The summed E-state index contributed by atoms with van der Waals surface area (Å²) in [6.45, 7) is 5.20. The summed E-state index contributed by atoms with van der Waals surface area (Å²) < 4.78 is 5.46. The lowest BCUT2D eigenvalue weighted by atomic mass is 9.92. The highest BCUT2D eigenvalue weighted by atomic mass is 16.5. The second kappa shape index (κ2) is 3.05. The minimum absolute atomic E-state index is 0.0253. The van der Waals surface area contributed by atoms with Gasteiger partial charge in [0.05, 0.1) is 11.6 Å². The van der Waals surface area contributed by atoms with E-state index >= 15 is 0 Å². The predicted octanol–water partition coefficient (Wildman–Crippen LogP) is 0.355. The zero-order valence-corrected chi connectivity index (χ0v) is 8.58. The number of hydrogen-bond acceptors (Lipinski definition) is 3. The Hall–Kier alpha value is -0.900. The molecule has 4 heteroatoms. The van der Waals surface area contributed by atoms with Crippen molar-refractivity contribution in [3.63, 3.8) is 0 Å². The van der Waals surface area contributed by atoms with Crippen LogP contribution in [0.1, 0.15) is 26.7 Å². The van der Waals surface area contributed by atoms with Gasteiger partial charge in [-0.1, -0.05) is 0 Å². The van der Waals surface area contributed by atoms with Crippen LogP contribution in [0.3, 0.4) is 0 Å². The molecule has 0 aromatic carbocycles. The number of rotatable bonds is 1. The van der Waals surface area contributed by atoms with Gasteiger partial charge in [-0.05, 0) is 20.3 Å². The Balaban J connectivity index is 2.22. The topological polar surface area (TPSA) is 46.6 Å². The zero-order valence-electron chi connectivity index (χ0n) is 8.58. The van der Waals surface area contributed by atoms with Gasteiger partial charge in [-0.25, -0.2) is 0 Å². The average molecular weight is 197 g/mol. The molecule has 0 aromatic rings. The lowest BCUT2D eigenvalue weighted by Crippen LogP contribution is -2.52. The molecule has 2 saturated heterocycles. The van der Waals surface area contributed by atoms with Crippen LogP contribution in [0.5, 0.6) is 0 Å². The second-order valence-electron chi connectivity index (χ2n) is 4.25. The molecule has 2 aliphatic heterocycles. The first-order chi connectivity index (χ1) is 6.55. The number of carbonyl (C=O) groups excluding carboxylic acids is 2. The van der Waals surface area contributed by atoms with Crippen molar-refractivity contribution in [2.45, 2.75) is 38.3 Å². The molecule has 0 radical (unpaired) electrons. The van der Waals surface area contributed by atoms with E-state index in [1.54, 1.807) is 4.90 Å². The van der Waals surface area contributed by atoms with Crippen molar-refractivity contribution in [3.05, 3.63) is 0 Å². The molecule has 0 bridgehead atoms. The molecule has 78 valence electrons. The van der Waals surface area contributed by atoms with Crippen molar-refractivity contribution < 1.29 is 14.3 Å². The second-order valence-corrected chi connectivity index (χ2v) is 4.25. The number of nitrogens with zero attached hydrogens (tertiary/aromatic N) is 1. The van der Waals surface area contributed by atoms with Gasteiger partial charge in [0.25, 0.3) is 5.91 Å². The van der Waals surface area contributed by atoms with Crippen LogP contribution in [-0.2, 0) is 14.3 Å². The molecule has 2 atom stereocenters. The van der Waals surface area contributed by atoms with Crippen LogP contribution in [0.2, 0.25) is 0 Å². The molecule has 0 N–H and O–H groups in total. The van der Waals surface area contributed by atoms with E-state index < -0.39 is 0 Å². The van der Waals surface area contributed by atoms with E-state index in [9.17, 15) is 9.59 Å². The highest BCUT2D eigenvalue weighted by Crippen LogP contribution is 2.33. The number of ether oxygens (including phenoxy) is 1. The fourth-order valence-corrected chi connectivity index (χ4v) is 2.24. The van der Waals surface area contributed by atoms with Crippen LogP contribution in [0.15, 0.2) is 0 Å². The Morgan fingerprint density at radius 1 is 1.50 bits per heavy atom. The highest BCUT2D eigenvalue weighted by Gasteiger charge is 2.48. The summed E-state index contributed by atoms with van der Waals surface area (Å²) in [4.78, 5) is 24.4. The van der Waals surface area contributed by atoms with Crippen LogP contribution in [0, 0.1) is 0 Å². The Morgan fingerprint density at radius 2 is 2.21 bits per heavy atom. The van der Waals surface area contributed by atoms with Crippen LogP contribution in [0.25, 0.3) is 0 Å². The summed E-state index contributed by atoms with van der Waals surface area (Å²) in [5, 5.41) is 0. The van der Waals surface area contributed by atoms with E-state index in [1.807, 2.05) is 13.8 Å². The molecule has 0 aliphatic carbocycles. The summed E-state index contributed by atoms with van der Waals surface area (Å²) in [6.07, 6.45) is 1.21. The molecule has 2 aliphatic rings. The summed E-state index contributed by atoms with van der Waals surface area (Å²) in [5.74, 6) is -0.588. The SMILES string of the molecule is CC1OCCC1(C)N1CCC(=O)C1=O. The number of likely N-dealkylation sites (tertiary alicyclic amines) is 1. The van der Waals surface area contributed by atoms with Crippen LogP contribution in [0.4, 0.5) is 0 Å². The monoisotopic (exact) mass is 197 g/mol. The average Bonchev–Trinajstić information content (AvgIpc) is 2.62. The molecule has 0 spiro atoms. The number of carbonyl (C=O) groups is 2. The van der Waals surface area contributed by atoms with Crippen molar-refractivity contribution in [1.82, 2.24) is 4.90 Å². The summed E-state index contributed by atoms with van der Waals surface area (Å²) in [7, 11) is 0. The van der Waals surface area contributed by atoms with E-state index in [0.29, 0.717) is 19.6 Å². The van der Waals surface area contributed by atoms with Crippen LogP contribution < -0.4 is 0 Å². The minimum Gasteiger partial charge on any atom is -0.376 e. The lowest BCUT2D eigenvalue weighted by Gasteiger charge is -2.37. The first-order valence-corrected chi connectivity index (χ1v) is 5.02. The third-order valence-electron chi connectivity index (χ3n) is 3.51. The van der Waals surface area contributed by atoms with Gasteiger partial charge in [-0.2, -0.15) is 0 Å². The fourth-order valence-electron chi connectivity index (χ4n) is 2.24. The van der Waals surface area contributed by atoms with Crippen LogP contribution in [-0.4, -0.2) is 41.4 Å². The van der Waals surface area contributed by atoms with E-state index in [-0.39, 0.29) is 23.3 Å². The summed E-state index contributed by atoms with van der Waals surface area (Å²) in [6, 6.07) is 0. The Morgan fingerprint density at radius 3 is 2.64 bits per heavy atom. The lowest BCUT2D eigenvalue weighted by molar-refractivity contribution is -0.144. The fraction of sp³-hybridized carbons (Fsp3) is 0.800. The summed E-state index contributed by atoms with van der Waals surface area (Å²) >= 11 is 0. The molecule has 2 rings (SSSR count). The maximum atomic E-state index is 11.6. The molecule has 0 saturated carbocycles. The first kappa shape index (κ1) is 9.65. The number of amides is 1. The normalized spacial score (nSPS) is 38.4. The van der Waals surface area contributed by atoms with Gasteiger partial charge in [0, 0.05) is 19.6 Å². The molecule has 14 heavy (non-hydrogen) atoms. The number of hydrogen-bond donors (Lipinski definition) is 0. The van der Waals surface area contributed by atoms with E-state index in [4.69, 9.17) is 4.74 Å². The highest BCUT2D eigenvalue weighted by molar-refractivity contribution is 6.38. The van der Waals surface area contributed by atoms with Gasteiger partial charge < -0.3 is 9.64 Å².